The Bertz CT molecular complexity index is 741. The minimum Gasteiger partial charge on any atom is -0.393 e. The van der Waals surface area contributed by atoms with Crippen LogP contribution in [0, 0.1) is 5.41 Å². The second-order valence-electron chi connectivity index (χ2n) is 6.62. The zero-order valence-electron chi connectivity index (χ0n) is 13.4. The van der Waals surface area contributed by atoms with E-state index in [-0.39, 0.29) is 17.0 Å². The number of carbonyl (C=O) groups excluding carboxylic acids is 1. The van der Waals surface area contributed by atoms with E-state index in [2.05, 4.69) is 10.3 Å². The molecule has 3 N–H and O–H groups in total. The van der Waals surface area contributed by atoms with E-state index >= 15 is 0 Å². The van der Waals surface area contributed by atoms with Crippen LogP contribution >= 0.6 is 0 Å². The lowest BCUT2D eigenvalue weighted by molar-refractivity contribution is 0.0902. The maximum atomic E-state index is 12.2. The van der Waals surface area contributed by atoms with Gasteiger partial charge in [-0.25, -0.2) is 4.79 Å². The third kappa shape index (κ3) is 3.57. The fourth-order valence-electron chi connectivity index (χ4n) is 2.67. The van der Waals surface area contributed by atoms with Crippen molar-refractivity contribution in [3.05, 3.63) is 34.2 Å². The monoisotopic (exact) mass is 305 g/mol. The Labute approximate surface area is 129 Å². The van der Waals surface area contributed by atoms with Crippen molar-refractivity contribution in [3.63, 3.8) is 0 Å². The number of benzene rings is 1. The lowest BCUT2D eigenvalue weighted by Gasteiger charge is -2.26. The summed E-state index contributed by atoms with van der Waals surface area (Å²) >= 11 is 0. The van der Waals surface area contributed by atoms with Crippen LogP contribution in [-0.4, -0.2) is 33.2 Å². The molecule has 2 aromatic rings. The number of carbonyl (C=O) groups is 1. The van der Waals surface area contributed by atoms with E-state index in [1.54, 1.807) is 32.2 Å². The molecule has 1 unspecified atom stereocenters. The number of aromatic nitrogens is 2. The number of H-pyrrole nitrogens is 1. The summed E-state index contributed by atoms with van der Waals surface area (Å²) < 4.78 is 1.50. The van der Waals surface area contributed by atoms with Crippen molar-refractivity contribution >= 4 is 16.9 Å². The number of rotatable bonds is 5. The fraction of sp³-hybridized carbons (Fsp3) is 0.500. The van der Waals surface area contributed by atoms with Crippen molar-refractivity contribution in [2.45, 2.75) is 33.3 Å². The number of aryl methyl sites for hydroxylation is 1. The van der Waals surface area contributed by atoms with E-state index in [1.807, 2.05) is 13.8 Å². The number of aliphatic hydroxyl groups is 1. The average molecular weight is 305 g/mol. The maximum Gasteiger partial charge on any atom is 0.326 e. The number of aliphatic hydroxyl groups excluding tert-OH is 1. The normalized spacial score (nSPS) is 13.3. The lowest BCUT2D eigenvalue weighted by Crippen LogP contribution is -2.35. The SMILES string of the molecule is CC(O)CC(C)(C)CNC(=O)c1ccc2c(c1)[nH]c(=O)n2C. The van der Waals surface area contributed by atoms with Gasteiger partial charge < -0.3 is 15.4 Å². The Hall–Kier alpha value is -2.08. The first-order valence-electron chi connectivity index (χ1n) is 7.35. The zero-order valence-corrected chi connectivity index (χ0v) is 13.4. The van der Waals surface area contributed by atoms with Crippen LogP contribution in [0.5, 0.6) is 0 Å². The average Bonchev–Trinajstić information content (AvgIpc) is 2.69. The molecule has 0 spiro atoms. The first kappa shape index (κ1) is 16.3. The zero-order chi connectivity index (χ0) is 16.5. The molecule has 6 heteroatoms. The second kappa shape index (κ2) is 5.96. The molecule has 1 amide bonds. The number of nitrogens with zero attached hydrogens (tertiary/aromatic N) is 1. The number of hydrogen-bond acceptors (Lipinski definition) is 3. The topological polar surface area (TPSA) is 87.1 Å². The highest BCUT2D eigenvalue weighted by molar-refractivity contribution is 5.97. The number of aromatic amines is 1. The summed E-state index contributed by atoms with van der Waals surface area (Å²) in [5, 5.41) is 12.4. The summed E-state index contributed by atoms with van der Waals surface area (Å²) in [6.07, 6.45) is 0.204. The molecule has 6 nitrogen and oxygen atoms in total. The largest absolute Gasteiger partial charge is 0.393 e. The smallest absolute Gasteiger partial charge is 0.326 e. The first-order valence-corrected chi connectivity index (χ1v) is 7.35. The van der Waals surface area contributed by atoms with Crippen molar-refractivity contribution in [3.8, 4) is 0 Å². The molecule has 1 atom stereocenters. The van der Waals surface area contributed by atoms with Crippen LogP contribution in [0.25, 0.3) is 11.0 Å². The van der Waals surface area contributed by atoms with E-state index in [4.69, 9.17) is 0 Å². The van der Waals surface area contributed by atoms with Crippen LogP contribution in [0.15, 0.2) is 23.0 Å². The van der Waals surface area contributed by atoms with E-state index in [0.29, 0.717) is 24.0 Å². The molecule has 0 saturated carbocycles. The van der Waals surface area contributed by atoms with Gasteiger partial charge >= 0.3 is 5.69 Å². The van der Waals surface area contributed by atoms with Crippen LogP contribution in [0.2, 0.25) is 0 Å². The Morgan fingerprint density at radius 2 is 2.14 bits per heavy atom. The van der Waals surface area contributed by atoms with Gasteiger partial charge in [-0.05, 0) is 37.0 Å². The lowest BCUT2D eigenvalue weighted by atomic mass is 9.87. The van der Waals surface area contributed by atoms with Gasteiger partial charge in [-0.2, -0.15) is 0 Å². The molecule has 0 aliphatic carbocycles. The Morgan fingerprint density at radius 1 is 1.45 bits per heavy atom. The molecule has 1 heterocycles. The van der Waals surface area contributed by atoms with Gasteiger partial charge in [-0.3, -0.25) is 9.36 Å². The third-order valence-electron chi connectivity index (χ3n) is 3.74. The van der Waals surface area contributed by atoms with Gasteiger partial charge in [0.1, 0.15) is 0 Å². The van der Waals surface area contributed by atoms with Crippen molar-refractivity contribution in [1.29, 1.82) is 0 Å². The van der Waals surface area contributed by atoms with Crippen LogP contribution in [0.1, 0.15) is 37.6 Å². The van der Waals surface area contributed by atoms with Gasteiger partial charge in [0.2, 0.25) is 0 Å². The van der Waals surface area contributed by atoms with Gasteiger partial charge in [0, 0.05) is 19.2 Å². The summed E-state index contributed by atoms with van der Waals surface area (Å²) in [5.41, 5.74) is 1.52. The third-order valence-corrected chi connectivity index (χ3v) is 3.74. The predicted octanol–water partition coefficient (Wildman–Crippen LogP) is 1.39. The van der Waals surface area contributed by atoms with Crippen LogP contribution in [0.3, 0.4) is 0 Å². The predicted molar refractivity (Wildman–Crippen MR) is 86.0 cm³/mol. The fourth-order valence-corrected chi connectivity index (χ4v) is 2.67. The highest BCUT2D eigenvalue weighted by atomic mass is 16.3. The maximum absolute atomic E-state index is 12.2. The molecule has 2 rings (SSSR count). The van der Waals surface area contributed by atoms with Crippen LogP contribution in [0.4, 0.5) is 0 Å². The quantitative estimate of drug-likeness (QED) is 0.780. The molecule has 22 heavy (non-hydrogen) atoms. The summed E-state index contributed by atoms with van der Waals surface area (Å²) in [4.78, 5) is 26.5. The summed E-state index contributed by atoms with van der Waals surface area (Å²) in [6, 6.07) is 5.13. The highest BCUT2D eigenvalue weighted by Gasteiger charge is 2.21. The first-order chi connectivity index (χ1) is 10.2. The minimum atomic E-state index is -0.405. The Kier molecular flexibility index (Phi) is 4.42. The molecular weight excluding hydrogens is 282 g/mol. The molecule has 0 aliphatic heterocycles. The molecular formula is C16H23N3O3. The number of amides is 1. The standard InChI is InChI=1S/C16H23N3O3/c1-10(20)8-16(2,3)9-17-14(21)11-5-6-13-12(7-11)18-15(22)19(13)4/h5-7,10,20H,8-9H2,1-4H3,(H,17,21)(H,18,22). The summed E-state index contributed by atoms with van der Waals surface area (Å²) in [5.74, 6) is -0.190. The van der Waals surface area contributed by atoms with Crippen molar-refractivity contribution < 1.29 is 9.90 Å². The van der Waals surface area contributed by atoms with E-state index in [1.165, 1.54) is 4.57 Å². The summed E-state index contributed by atoms with van der Waals surface area (Å²) in [7, 11) is 1.68. The Morgan fingerprint density at radius 3 is 2.77 bits per heavy atom. The molecule has 1 aromatic carbocycles. The van der Waals surface area contributed by atoms with Crippen LogP contribution in [-0.2, 0) is 7.05 Å². The van der Waals surface area contributed by atoms with Crippen molar-refractivity contribution in [2.75, 3.05) is 6.54 Å². The molecule has 0 radical (unpaired) electrons. The van der Waals surface area contributed by atoms with E-state index < -0.39 is 6.10 Å². The van der Waals surface area contributed by atoms with Gasteiger partial charge in [-0.1, -0.05) is 13.8 Å². The minimum absolute atomic E-state index is 0.186. The number of fused-ring (bicyclic) bond motifs is 1. The molecule has 120 valence electrons. The van der Waals surface area contributed by atoms with Gasteiger partial charge in [0.15, 0.2) is 0 Å². The highest BCUT2D eigenvalue weighted by Crippen LogP contribution is 2.21. The number of hydrogen-bond donors (Lipinski definition) is 3. The van der Waals surface area contributed by atoms with Gasteiger partial charge in [0.25, 0.3) is 5.91 Å². The number of nitrogens with one attached hydrogen (secondary N) is 2. The Balaban J connectivity index is 2.11. The van der Waals surface area contributed by atoms with E-state index in [0.717, 1.165) is 5.52 Å². The van der Waals surface area contributed by atoms with Crippen molar-refractivity contribution in [1.82, 2.24) is 14.9 Å². The van der Waals surface area contributed by atoms with E-state index in [9.17, 15) is 14.7 Å². The number of imidazole rings is 1. The second-order valence-corrected chi connectivity index (χ2v) is 6.62. The van der Waals surface area contributed by atoms with Gasteiger partial charge in [0.05, 0.1) is 17.1 Å². The molecule has 1 aromatic heterocycles. The van der Waals surface area contributed by atoms with Crippen molar-refractivity contribution in [2.24, 2.45) is 12.5 Å². The molecule has 0 bridgehead atoms. The van der Waals surface area contributed by atoms with Gasteiger partial charge in [-0.15, -0.1) is 0 Å². The molecule has 0 aliphatic rings. The summed E-state index contributed by atoms with van der Waals surface area (Å²) in [6.45, 7) is 6.21. The van der Waals surface area contributed by atoms with Crippen LogP contribution < -0.4 is 11.0 Å². The molecule has 0 fully saturated rings. The molecule has 0 saturated heterocycles.